The van der Waals surface area contributed by atoms with Crippen molar-refractivity contribution in [2.24, 2.45) is 0 Å². The first-order chi connectivity index (χ1) is 11.6. The van der Waals surface area contributed by atoms with Gasteiger partial charge in [-0.25, -0.2) is 9.78 Å². The highest BCUT2D eigenvalue weighted by atomic mass is 32.1. The number of benzene rings is 1. The van der Waals surface area contributed by atoms with Crippen molar-refractivity contribution in [3.63, 3.8) is 0 Å². The molecule has 2 rings (SSSR count). The Balaban J connectivity index is 2.02. The summed E-state index contributed by atoms with van der Waals surface area (Å²) in [6.45, 7) is 3.62. The molecule has 8 heteroatoms. The molecule has 0 fully saturated rings. The van der Waals surface area contributed by atoms with E-state index < -0.39 is 18.0 Å². The second-order valence-corrected chi connectivity index (χ2v) is 5.58. The van der Waals surface area contributed by atoms with E-state index in [4.69, 9.17) is 9.84 Å². The maximum absolute atomic E-state index is 12.2. The van der Waals surface area contributed by atoms with Crippen LogP contribution >= 0.6 is 11.3 Å². The van der Waals surface area contributed by atoms with E-state index in [9.17, 15) is 9.59 Å². The number of carboxylic acid groups (broad SMARTS) is 1. The number of thiazole rings is 1. The number of hydrogen-bond donors (Lipinski definition) is 3. The van der Waals surface area contributed by atoms with Crippen molar-refractivity contribution < 1.29 is 19.4 Å². The van der Waals surface area contributed by atoms with Crippen LogP contribution in [-0.4, -0.2) is 41.3 Å². The van der Waals surface area contributed by atoms with Crippen LogP contribution in [0.4, 0.5) is 9.93 Å². The van der Waals surface area contributed by atoms with Gasteiger partial charge in [-0.05, 0) is 0 Å². The Morgan fingerprint density at radius 3 is 2.79 bits per heavy atom. The highest BCUT2D eigenvalue weighted by molar-refractivity contribution is 7.14. The Hall–Kier alpha value is -2.71. The summed E-state index contributed by atoms with van der Waals surface area (Å²) in [5.74, 6) is -0.532. The summed E-state index contributed by atoms with van der Waals surface area (Å²) >= 11 is 1.26. The number of hydrogen-bond acceptors (Lipinski definition) is 5. The number of carbonyl (C=O) groups excluding carboxylic acids is 1. The van der Waals surface area contributed by atoms with Crippen molar-refractivity contribution in [2.45, 2.75) is 6.04 Å². The first-order valence-electron chi connectivity index (χ1n) is 7.10. The van der Waals surface area contributed by atoms with Crippen LogP contribution in [0.15, 0.2) is 48.4 Å². The lowest BCUT2D eigenvalue weighted by Gasteiger charge is -2.15. The summed E-state index contributed by atoms with van der Waals surface area (Å²) in [5, 5.41) is 15.8. The highest BCUT2D eigenvalue weighted by Crippen LogP contribution is 2.24. The van der Waals surface area contributed by atoms with Gasteiger partial charge in [0.15, 0.2) is 5.13 Å². The van der Waals surface area contributed by atoms with Crippen LogP contribution in [0, 0.1) is 0 Å². The van der Waals surface area contributed by atoms with Gasteiger partial charge in [0.1, 0.15) is 6.04 Å². The van der Waals surface area contributed by atoms with Crippen molar-refractivity contribution in [3.8, 4) is 11.3 Å². The van der Waals surface area contributed by atoms with E-state index in [1.807, 2.05) is 35.7 Å². The molecule has 0 saturated carbocycles. The zero-order chi connectivity index (χ0) is 17.4. The number of anilines is 1. The van der Waals surface area contributed by atoms with E-state index >= 15 is 0 Å². The number of aromatic nitrogens is 1. The predicted octanol–water partition coefficient (Wildman–Crippen LogP) is 2.59. The number of ether oxygens (including phenoxy) is 1. The largest absolute Gasteiger partial charge is 0.465 e. The Morgan fingerprint density at radius 1 is 1.38 bits per heavy atom. The average Bonchev–Trinajstić information content (AvgIpc) is 3.03. The van der Waals surface area contributed by atoms with Crippen LogP contribution in [0.3, 0.4) is 0 Å². The molecule has 1 aromatic carbocycles. The fourth-order valence-corrected chi connectivity index (χ4v) is 2.59. The molecule has 126 valence electrons. The minimum absolute atomic E-state index is 0.0962. The van der Waals surface area contributed by atoms with E-state index in [1.165, 1.54) is 17.4 Å². The van der Waals surface area contributed by atoms with Gasteiger partial charge in [-0.2, -0.15) is 0 Å². The van der Waals surface area contributed by atoms with Crippen LogP contribution in [0.5, 0.6) is 0 Å². The zero-order valence-electron chi connectivity index (χ0n) is 12.8. The second kappa shape index (κ2) is 8.80. The monoisotopic (exact) mass is 347 g/mol. The maximum atomic E-state index is 12.2. The summed E-state index contributed by atoms with van der Waals surface area (Å²) < 4.78 is 5.16. The van der Waals surface area contributed by atoms with Gasteiger partial charge in [-0.15, -0.1) is 17.9 Å². The molecule has 2 aromatic rings. The highest BCUT2D eigenvalue weighted by Gasteiger charge is 2.22. The zero-order valence-corrected chi connectivity index (χ0v) is 13.6. The summed E-state index contributed by atoms with van der Waals surface area (Å²) in [7, 11) is 0. The fraction of sp³-hybridized carbons (Fsp3) is 0.188. The third-order valence-corrected chi connectivity index (χ3v) is 3.70. The number of nitrogens with one attached hydrogen (secondary N) is 2. The van der Waals surface area contributed by atoms with E-state index in [-0.39, 0.29) is 13.2 Å². The molecule has 1 atom stereocenters. The number of carbonyl (C=O) groups is 2. The minimum Gasteiger partial charge on any atom is -0.465 e. The molecule has 24 heavy (non-hydrogen) atoms. The third-order valence-electron chi connectivity index (χ3n) is 2.94. The Bertz CT molecular complexity index is 702. The third kappa shape index (κ3) is 5.18. The molecule has 1 aromatic heterocycles. The lowest BCUT2D eigenvalue weighted by atomic mass is 10.2. The maximum Gasteiger partial charge on any atom is 0.405 e. The summed E-state index contributed by atoms with van der Waals surface area (Å²) in [6, 6.07) is 8.50. The van der Waals surface area contributed by atoms with Gasteiger partial charge in [0.2, 0.25) is 0 Å². The molecule has 0 radical (unpaired) electrons. The van der Waals surface area contributed by atoms with Crippen molar-refractivity contribution >= 4 is 28.5 Å². The summed E-state index contributed by atoms with van der Waals surface area (Å²) in [4.78, 5) is 27.4. The molecular formula is C16H17N3O4S. The van der Waals surface area contributed by atoms with E-state index in [0.29, 0.717) is 5.13 Å². The predicted molar refractivity (Wildman–Crippen MR) is 92.1 cm³/mol. The van der Waals surface area contributed by atoms with Crippen molar-refractivity contribution in [2.75, 3.05) is 18.5 Å². The number of nitrogens with zero attached hydrogens (tertiary/aromatic N) is 1. The standard InChI is InChI=1S/C16H17N3O4S/c1-2-8-23-9-12(18-16(21)22)14(20)19-15-17-13(10-24-15)11-6-4-3-5-7-11/h2-7,10,12,18H,1,8-9H2,(H,21,22)(H,17,19,20). The first-order valence-corrected chi connectivity index (χ1v) is 7.98. The first kappa shape index (κ1) is 17.6. The molecule has 7 nitrogen and oxygen atoms in total. The molecule has 0 aliphatic heterocycles. The molecule has 3 N–H and O–H groups in total. The van der Waals surface area contributed by atoms with Crippen LogP contribution in [0.2, 0.25) is 0 Å². The van der Waals surface area contributed by atoms with Crippen LogP contribution in [0.25, 0.3) is 11.3 Å². The van der Waals surface area contributed by atoms with Crippen molar-refractivity contribution in [3.05, 3.63) is 48.4 Å². The van der Waals surface area contributed by atoms with Crippen molar-refractivity contribution in [1.82, 2.24) is 10.3 Å². The minimum atomic E-state index is -1.30. The summed E-state index contributed by atoms with van der Waals surface area (Å²) in [6.07, 6.45) is 0.212. The van der Waals surface area contributed by atoms with Crippen LogP contribution < -0.4 is 10.6 Å². The van der Waals surface area contributed by atoms with Crippen molar-refractivity contribution in [1.29, 1.82) is 0 Å². The molecule has 0 spiro atoms. The molecular weight excluding hydrogens is 330 g/mol. The van der Waals surface area contributed by atoms with E-state index in [2.05, 4.69) is 22.2 Å². The fourth-order valence-electron chi connectivity index (χ4n) is 1.87. The topological polar surface area (TPSA) is 101 Å². The van der Waals surface area contributed by atoms with Gasteiger partial charge in [0, 0.05) is 10.9 Å². The van der Waals surface area contributed by atoms with Crippen LogP contribution in [-0.2, 0) is 9.53 Å². The molecule has 0 saturated heterocycles. The molecule has 1 unspecified atom stereocenters. The Labute approximate surface area is 143 Å². The van der Waals surface area contributed by atoms with E-state index in [1.54, 1.807) is 0 Å². The normalized spacial score (nSPS) is 11.5. The average molecular weight is 347 g/mol. The quantitative estimate of drug-likeness (QED) is 0.503. The van der Waals surface area contributed by atoms with E-state index in [0.717, 1.165) is 11.3 Å². The Morgan fingerprint density at radius 2 is 2.12 bits per heavy atom. The van der Waals surface area contributed by atoms with Gasteiger partial charge >= 0.3 is 6.09 Å². The van der Waals surface area contributed by atoms with Gasteiger partial charge in [0.05, 0.1) is 18.9 Å². The molecule has 0 bridgehead atoms. The summed E-state index contributed by atoms with van der Waals surface area (Å²) in [5.41, 5.74) is 1.67. The Kier molecular flexibility index (Phi) is 6.47. The van der Waals surface area contributed by atoms with Gasteiger partial charge in [-0.1, -0.05) is 36.4 Å². The smallest absolute Gasteiger partial charge is 0.405 e. The van der Waals surface area contributed by atoms with Gasteiger partial charge in [0.25, 0.3) is 5.91 Å². The van der Waals surface area contributed by atoms with Gasteiger partial charge in [-0.3, -0.25) is 4.79 Å². The van der Waals surface area contributed by atoms with Gasteiger partial charge < -0.3 is 20.5 Å². The molecule has 0 aliphatic carbocycles. The lowest BCUT2D eigenvalue weighted by Crippen LogP contribution is -2.46. The SMILES string of the molecule is C=CCOCC(NC(=O)O)C(=O)Nc1nc(-c2ccccc2)cs1. The second-order valence-electron chi connectivity index (χ2n) is 4.72. The van der Waals surface area contributed by atoms with Crippen LogP contribution in [0.1, 0.15) is 0 Å². The molecule has 2 amide bonds. The molecule has 1 heterocycles. The lowest BCUT2D eigenvalue weighted by molar-refractivity contribution is -0.119. The number of rotatable bonds is 8. The number of amides is 2. The molecule has 0 aliphatic rings.